The summed E-state index contributed by atoms with van der Waals surface area (Å²) in [7, 11) is 0. The molecule has 1 heterocycles. The monoisotopic (exact) mass is 188 g/mol. The SMILES string of the molecule is O=CN(c1ccccc1)n1ccnn1. The van der Waals surface area contributed by atoms with Crippen molar-refractivity contribution in [3.63, 3.8) is 0 Å². The first kappa shape index (κ1) is 8.43. The Morgan fingerprint density at radius 1 is 1.29 bits per heavy atom. The van der Waals surface area contributed by atoms with E-state index in [-0.39, 0.29) is 0 Å². The second-order valence-corrected chi connectivity index (χ2v) is 2.61. The largest absolute Gasteiger partial charge is 0.276 e. The van der Waals surface area contributed by atoms with Crippen LogP contribution >= 0.6 is 0 Å². The Labute approximate surface area is 80.5 Å². The van der Waals surface area contributed by atoms with Crippen molar-refractivity contribution in [3.05, 3.63) is 42.7 Å². The number of aromatic nitrogens is 3. The van der Waals surface area contributed by atoms with Crippen LogP contribution in [0.2, 0.25) is 0 Å². The van der Waals surface area contributed by atoms with E-state index in [0.29, 0.717) is 6.41 Å². The molecule has 2 rings (SSSR count). The first-order chi connectivity index (χ1) is 6.92. The topological polar surface area (TPSA) is 51.0 Å². The Morgan fingerprint density at radius 3 is 2.64 bits per heavy atom. The zero-order valence-electron chi connectivity index (χ0n) is 7.32. The highest BCUT2D eigenvalue weighted by atomic mass is 16.1. The van der Waals surface area contributed by atoms with Crippen LogP contribution in [0.1, 0.15) is 0 Å². The summed E-state index contributed by atoms with van der Waals surface area (Å²) in [6, 6.07) is 9.21. The van der Waals surface area contributed by atoms with Gasteiger partial charge in [0.05, 0.1) is 18.1 Å². The molecule has 0 saturated carbocycles. The maximum Gasteiger partial charge on any atom is 0.234 e. The lowest BCUT2D eigenvalue weighted by Gasteiger charge is -2.15. The van der Waals surface area contributed by atoms with Gasteiger partial charge >= 0.3 is 0 Å². The molecule has 0 N–H and O–H groups in total. The van der Waals surface area contributed by atoms with Crippen molar-refractivity contribution < 1.29 is 4.79 Å². The second kappa shape index (κ2) is 3.69. The van der Waals surface area contributed by atoms with E-state index in [1.54, 1.807) is 6.20 Å². The zero-order chi connectivity index (χ0) is 9.80. The maximum atomic E-state index is 10.8. The summed E-state index contributed by atoms with van der Waals surface area (Å²) in [5, 5.41) is 8.71. The molecule has 0 fully saturated rings. The molecule has 0 aliphatic carbocycles. The number of benzene rings is 1. The average Bonchev–Trinajstić information content (AvgIpc) is 2.74. The van der Waals surface area contributed by atoms with Crippen LogP contribution in [0.3, 0.4) is 0 Å². The smallest absolute Gasteiger partial charge is 0.234 e. The third-order valence-electron chi connectivity index (χ3n) is 1.75. The van der Waals surface area contributed by atoms with Crippen molar-refractivity contribution in [1.82, 2.24) is 15.1 Å². The molecule has 0 atom stereocenters. The summed E-state index contributed by atoms with van der Waals surface area (Å²) >= 11 is 0. The zero-order valence-corrected chi connectivity index (χ0v) is 7.32. The molecular weight excluding hydrogens is 180 g/mol. The second-order valence-electron chi connectivity index (χ2n) is 2.61. The summed E-state index contributed by atoms with van der Waals surface area (Å²) in [6.45, 7) is 0. The molecule has 0 aliphatic heterocycles. The van der Waals surface area contributed by atoms with Crippen LogP contribution in [0.25, 0.3) is 0 Å². The summed E-state index contributed by atoms with van der Waals surface area (Å²) in [5.41, 5.74) is 0.744. The molecule has 0 bridgehead atoms. The van der Waals surface area contributed by atoms with Gasteiger partial charge in [-0.25, -0.2) is 5.01 Å². The molecule has 0 spiro atoms. The van der Waals surface area contributed by atoms with Gasteiger partial charge in [-0.1, -0.05) is 18.2 Å². The van der Waals surface area contributed by atoms with Crippen LogP contribution in [-0.4, -0.2) is 21.5 Å². The number of nitrogens with zero attached hydrogens (tertiary/aromatic N) is 4. The molecule has 0 radical (unpaired) electrons. The molecule has 5 heteroatoms. The molecule has 0 saturated heterocycles. The van der Waals surface area contributed by atoms with E-state index < -0.39 is 0 Å². The van der Waals surface area contributed by atoms with E-state index >= 15 is 0 Å². The summed E-state index contributed by atoms with van der Waals surface area (Å²) in [6.07, 6.45) is 3.80. The van der Waals surface area contributed by atoms with Crippen LogP contribution < -0.4 is 5.01 Å². The van der Waals surface area contributed by atoms with Crippen molar-refractivity contribution in [2.24, 2.45) is 0 Å². The van der Waals surface area contributed by atoms with Gasteiger partial charge in [-0.05, 0) is 17.3 Å². The first-order valence-electron chi connectivity index (χ1n) is 4.08. The summed E-state index contributed by atoms with van der Waals surface area (Å²) in [5.74, 6) is 0. The molecule has 1 amide bonds. The fraction of sp³-hybridized carbons (Fsp3) is 0. The highest BCUT2D eigenvalue weighted by Crippen LogP contribution is 2.10. The van der Waals surface area contributed by atoms with Crippen LogP contribution in [0.5, 0.6) is 0 Å². The fourth-order valence-corrected chi connectivity index (χ4v) is 1.13. The number of para-hydroxylation sites is 1. The molecule has 14 heavy (non-hydrogen) atoms. The molecule has 2 aromatic rings. The molecule has 1 aromatic carbocycles. The van der Waals surface area contributed by atoms with E-state index in [0.717, 1.165) is 5.69 Å². The highest BCUT2D eigenvalue weighted by molar-refractivity contribution is 5.73. The number of carbonyl (C=O) groups is 1. The standard InChI is InChI=1S/C9H8N4O/c14-8-12(13-7-6-10-11-13)9-4-2-1-3-5-9/h1-8H. The fourth-order valence-electron chi connectivity index (χ4n) is 1.13. The van der Waals surface area contributed by atoms with Gasteiger partial charge in [0.1, 0.15) is 0 Å². The van der Waals surface area contributed by atoms with Gasteiger partial charge in [0.25, 0.3) is 0 Å². The third kappa shape index (κ3) is 1.47. The van der Waals surface area contributed by atoms with Crippen LogP contribution in [0, 0.1) is 0 Å². The van der Waals surface area contributed by atoms with Gasteiger partial charge in [0.2, 0.25) is 6.41 Å². The average molecular weight is 188 g/mol. The Hall–Kier alpha value is -2.17. The molecule has 1 aromatic heterocycles. The normalized spacial score (nSPS) is 9.71. The molecule has 0 unspecified atom stereocenters. The van der Waals surface area contributed by atoms with Gasteiger partial charge in [-0.2, -0.15) is 4.79 Å². The quantitative estimate of drug-likeness (QED) is 0.666. The van der Waals surface area contributed by atoms with E-state index in [9.17, 15) is 4.79 Å². The minimum absolute atomic E-state index is 0.685. The van der Waals surface area contributed by atoms with E-state index in [1.807, 2.05) is 30.3 Å². The Morgan fingerprint density at radius 2 is 2.07 bits per heavy atom. The van der Waals surface area contributed by atoms with Crippen molar-refractivity contribution in [1.29, 1.82) is 0 Å². The van der Waals surface area contributed by atoms with Gasteiger partial charge in [0.15, 0.2) is 0 Å². The Kier molecular flexibility index (Phi) is 2.22. The summed E-state index contributed by atoms with van der Waals surface area (Å²) in [4.78, 5) is 12.2. The van der Waals surface area contributed by atoms with Crippen molar-refractivity contribution in [2.45, 2.75) is 0 Å². The lowest BCUT2D eigenvalue weighted by Crippen LogP contribution is -2.28. The lowest BCUT2D eigenvalue weighted by molar-refractivity contribution is -0.108. The van der Waals surface area contributed by atoms with Crippen LogP contribution in [0.4, 0.5) is 5.69 Å². The number of rotatable bonds is 3. The van der Waals surface area contributed by atoms with Crippen molar-refractivity contribution in [2.75, 3.05) is 5.01 Å². The van der Waals surface area contributed by atoms with E-state index in [4.69, 9.17) is 0 Å². The lowest BCUT2D eigenvalue weighted by atomic mass is 10.3. The molecular formula is C9H8N4O. The van der Waals surface area contributed by atoms with Gasteiger partial charge in [-0.15, -0.1) is 5.10 Å². The Bertz CT molecular complexity index is 398. The van der Waals surface area contributed by atoms with Gasteiger partial charge < -0.3 is 0 Å². The maximum absolute atomic E-state index is 10.8. The van der Waals surface area contributed by atoms with Crippen molar-refractivity contribution >= 4 is 12.1 Å². The van der Waals surface area contributed by atoms with Gasteiger partial charge in [0, 0.05) is 0 Å². The van der Waals surface area contributed by atoms with Crippen LogP contribution in [0.15, 0.2) is 42.7 Å². The number of hydrogen-bond donors (Lipinski definition) is 0. The minimum atomic E-state index is 0.685. The minimum Gasteiger partial charge on any atom is -0.276 e. The van der Waals surface area contributed by atoms with E-state index in [1.165, 1.54) is 16.0 Å². The number of anilines is 1. The Balaban J connectivity index is 2.36. The molecule has 70 valence electrons. The van der Waals surface area contributed by atoms with Gasteiger partial charge in [-0.3, -0.25) is 4.79 Å². The number of amides is 1. The predicted octanol–water partition coefficient (Wildman–Crippen LogP) is 0.704. The number of hydrogen-bond acceptors (Lipinski definition) is 3. The first-order valence-corrected chi connectivity index (χ1v) is 4.08. The summed E-state index contributed by atoms with van der Waals surface area (Å²) < 4.78 is 0. The third-order valence-corrected chi connectivity index (χ3v) is 1.75. The van der Waals surface area contributed by atoms with Crippen molar-refractivity contribution in [3.8, 4) is 0 Å². The molecule has 5 nitrogen and oxygen atoms in total. The van der Waals surface area contributed by atoms with Crippen LogP contribution in [-0.2, 0) is 4.79 Å². The molecule has 0 aliphatic rings. The van der Waals surface area contributed by atoms with E-state index in [2.05, 4.69) is 10.3 Å². The highest BCUT2D eigenvalue weighted by Gasteiger charge is 2.05. The number of carbonyl (C=O) groups excluding carboxylic acids is 1. The predicted molar refractivity (Wildman–Crippen MR) is 50.4 cm³/mol.